The molecule has 1 amide bonds. The van der Waals surface area contributed by atoms with Crippen LogP contribution in [0.1, 0.15) is 47.7 Å². The number of phenolic OH excluding ortho intramolecular Hbond substituents is 2. The van der Waals surface area contributed by atoms with Crippen LogP contribution in [0.3, 0.4) is 0 Å². The third-order valence-electron chi connectivity index (χ3n) is 4.72. The lowest BCUT2D eigenvalue weighted by Crippen LogP contribution is -2.27. The number of hydrogen-bond donors (Lipinski definition) is 3. The van der Waals surface area contributed by atoms with E-state index < -0.39 is 0 Å². The van der Waals surface area contributed by atoms with Crippen molar-refractivity contribution in [1.82, 2.24) is 0 Å². The summed E-state index contributed by atoms with van der Waals surface area (Å²) in [5.74, 6) is -0.458. The fourth-order valence-corrected chi connectivity index (χ4v) is 3.20. The highest BCUT2D eigenvalue weighted by Crippen LogP contribution is 2.34. The van der Waals surface area contributed by atoms with E-state index in [4.69, 9.17) is 0 Å². The Morgan fingerprint density at radius 2 is 1.92 bits per heavy atom. The lowest BCUT2D eigenvalue weighted by molar-refractivity contribution is 0.0990. The molecule has 0 spiro atoms. The number of amides is 1. The van der Waals surface area contributed by atoms with Crippen LogP contribution >= 0.6 is 0 Å². The summed E-state index contributed by atoms with van der Waals surface area (Å²) >= 11 is 0. The first kappa shape index (κ1) is 17.1. The Balaban J connectivity index is 1.94. The minimum Gasteiger partial charge on any atom is -0.508 e. The van der Waals surface area contributed by atoms with Crippen molar-refractivity contribution in [2.45, 2.75) is 32.6 Å². The first-order chi connectivity index (χ1) is 11.9. The van der Waals surface area contributed by atoms with Gasteiger partial charge < -0.3 is 20.4 Å². The number of fused-ring (bicyclic) bond motifs is 1. The number of phenols is 2. The fourth-order valence-electron chi connectivity index (χ4n) is 3.20. The second kappa shape index (κ2) is 6.67. The zero-order chi connectivity index (χ0) is 18.1. The van der Waals surface area contributed by atoms with Crippen LogP contribution in [0.15, 0.2) is 30.3 Å². The zero-order valence-corrected chi connectivity index (χ0v) is 14.8. The first-order valence-corrected chi connectivity index (χ1v) is 8.59. The topological polar surface area (TPSA) is 72.8 Å². The van der Waals surface area contributed by atoms with Gasteiger partial charge in [0.1, 0.15) is 11.5 Å². The lowest BCUT2D eigenvalue weighted by atomic mass is 9.98. The van der Waals surface area contributed by atoms with Crippen LogP contribution in [-0.4, -0.2) is 29.7 Å². The molecule has 3 N–H and O–H groups in total. The van der Waals surface area contributed by atoms with Gasteiger partial charge in [-0.2, -0.15) is 0 Å². The number of nitrogens with zero attached hydrogens (tertiary/aromatic N) is 1. The van der Waals surface area contributed by atoms with Crippen molar-refractivity contribution >= 4 is 17.3 Å². The molecule has 0 aliphatic carbocycles. The minimum absolute atomic E-state index is 0.00607. The van der Waals surface area contributed by atoms with Crippen LogP contribution in [0, 0.1) is 0 Å². The number of carbonyl (C=O) groups excluding carboxylic acids is 1. The molecule has 0 saturated carbocycles. The molecule has 0 radical (unpaired) electrons. The van der Waals surface area contributed by atoms with Gasteiger partial charge in [-0.3, -0.25) is 4.79 Å². The molecular weight excluding hydrogens is 316 g/mol. The summed E-state index contributed by atoms with van der Waals surface area (Å²) in [6, 6.07) is 8.72. The molecule has 0 aromatic heterocycles. The maximum Gasteiger partial charge on any atom is 0.261 e. The van der Waals surface area contributed by atoms with Crippen molar-refractivity contribution in [2.24, 2.45) is 0 Å². The zero-order valence-electron chi connectivity index (χ0n) is 14.8. The summed E-state index contributed by atoms with van der Waals surface area (Å²) < 4.78 is 0. The average molecular weight is 340 g/mol. The van der Waals surface area contributed by atoms with Crippen molar-refractivity contribution in [2.75, 3.05) is 23.8 Å². The van der Waals surface area contributed by atoms with Crippen molar-refractivity contribution in [3.8, 4) is 11.5 Å². The van der Waals surface area contributed by atoms with E-state index in [2.05, 4.69) is 5.32 Å². The molecule has 0 fully saturated rings. The summed E-state index contributed by atoms with van der Waals surface area (Å²) in [6.45, 7) is 4.83. The average Bonchev–Trinajstić information content (AvgIpc) is 2.60. The number of rotatable bonds is 3. The summed E-state index contributed by atoms with van der Waals surface area (Å²) in [4.78, 5) is 14.4. The van der Waals surface area contributed by atoms with Crippen LogP contribution in [0.5, 0.6) is 11.5 Å². The highest BCUT2D eigenvalue weighted by Gasteiger charge is 2.21. The second-order valence-electron chi connectivity index (χ2n) is 6.82. The van der Waals surface area contributed by atoms with Gasteiger partial charge in [-0.25, -0.2) is 0 Å². The SMILES string of the molecule is CC(C)c1cc(C(=O)N(C)c2ccc3c(c2)CCCN3)c(O)cc1O. The smallest absolute Gasteiger partial charge is 0.261 e. The van der Waals surface area contributed by atoms with E-state index in [1.807, 2.05) is 32.0 Å². The molecule has 0 bridgehead atoms. The molecule has 0 atom stereocenters. The monoisotopic (exact) mass is 340 g/mol. The molecule has 132 valence electrons. The molecule has 1 aliphatic heterocycles. The lowest BCUT2D eigenvalue weighted by Gasteiger charge is -2.23. The van der Waals surface area contributed by atoms with E-state index in [0.717, 1.165) is 30.8 Å². The maximum absolute atomic E-state index is 12.9. The summed E-state index contributed by atoms with van der Waals surface area (Å²) in [5, 5.41) is 23.5. The molecule has 0 saturated heterocycles. The Labute approximate surface area is 147 Å². The highest BCUT2D eigenvalue weighted by atomic mass is 16.3. The minimum atomic E-state index is -0.303. The Morgan fingerprint density at radius 3 is 2.64 bits per heavy atom. The molecule has 1 heterocycles. The number of nitrogens with one attached hydrogen (secondary N) is 1. The third-order valence-corrected chi connectivity index (χ3v) is 4.72. The van der Waals surface area contributed by atoms with E-state index in [9.17, 15) is 15.0 Å². The molecule has 1 aliphatic rings. The van der Waals surface area contributed by atoms with Crippen LogP contribution in [-0.2, 0) is 6.42 Å². The summed E-state index contributed by atoms with van der Waals surface area (Å²) in [6.07, 6.45) is 2.06. The Bertz CT molecular complexity index is 815. The second-order valence-corrected chi connectivity index (χ2v) is 6.82. The summed E-state index contributed by atoms with van der Waals surface area (Å²) in [7, 11) is 1.70. The van der Waals surface area contributed by atoms with Gasteiger partial charge in [0.2, 0.25) is 0 Å². The van der Waals surface area contributed by atoms with Gasteiger partial charge in [0, 0.05) is 31.0 Å². The first-order valence-electron chi connectivity index (χ1n) is 8.59. The van der Waals surface area contributed by atoms with Gasteiger partial charge in [-0.15, -0.1) is 0 Å². The van der Waals surface area contributed by atoms with Gasteiger partial charge in [0.05, 0.1) is 5.56 Å². The van der Waals surface area contributed by atoms with Gasteiger partial charge >= 0.3 is 0 Å². The van der Waals surface area contributed by atoms with Crippen LogP contribution in [0.4, 0.5) is 11.4 Å². The fraction of sp³-hybridized carbons (Fsp3) is 0.350. The van der Waals surface area contributed by atoms with E-state index in [-0.39, 0.29) is 28.9 Å². The van der Waals surface area contributed by atoms with E-state index in [1.165, 1.54) is 16.5 Å². The predicted octanol–water partition coefficient (Wildman–Crippen LogP) is 3.86. The van der Waals surface area contributed by atoms with Crippen LogP contribution in [0.2, 0.25) is 0 Å². The van der Waals surface area contributed by atoms with Gasteiger partial charge in [0.15, 0.2) is 0 Å². The molecule has 5 nitrogen and oxygen atoms in total. The van der Waals surface area contributed by atoms with Gasteiger partial charge in [0.25, 0.3) is 5.91 Å². The number of aromatic hydroxyl groups is 2. The molecule has 2 aromatic rings. The van der Waals surface area contributed by atoms with E-state index >= 15 is 0 Å². The largest absolute Gasteiger partial charge is 0.508 e. The standard InChI is InChI=1S/C20H24N2O3/c1-12(2)15-10-16(19(24)11-18(15)23)20(25)22(3)14-6-7-17-13(9-14)5-4-8-21-17/h6-7,9-12,21,23-24H,4-5,8H2,1-3H3. The molecule has 0 unspecified atom stereocenters. The van der Waals surface area contributed by atoms with E-state index in [0.29, 0.717) is 5.56 Å². The number of anilines is 2. The Kier molecular flexibility index (Phi) is 4.57. The molecule has 3 rings (SSSR count). The van der Waals surface area contributed by atoms with Crippen molar-refractivity contribution in [3.63, 3.8) is 0 Å². The highest BCUT2D eigenvalue weighted by molar-refractivity contribution is 6.08. The van der Waals surface area contributed by atoms with Crippen LogP contribution < -0.4 is 10.2 Å². The third kappa shape index (κ3) is 3.27. The van der Waals surface area contributed by atoms with E-state index in [1.54, 1.807) is 13.1 Å². The van der Waals surface area contributed by atoms with Crippen LogP contribution in [0.25, 0.3) is 0 Å². The van der Waals surface area contributed by atoms with Crippen molar-refractivity contribution < 1.29 is 15.0 Å². The molecule has 25 heavy (non-hydrogen) atoms. The Morgan fingerprint density at radius 1 is 1.16 bits per heavy atom. The van der Waals surface area contributed by atoms with Crippen molar-refractivity contribution in [3.05, 3.63) is 47.0 Å². The number of carbonyl (C=O) groups is 1. The number of hydrogen-bond acceptors (Lipinski definition) is 4. The molecule has 5 heteroatoms. The normalized spacial score (nSPS) is 13.3. The van der Waals surface area contributed by atoms with Gasteiger partial charge in [-0.05, 0) is 54.2 Å². The van der Waals surface area contributed by atoms with Crippen molar-refractivity contribution in [1.29, 1.82) is 0 Å². The maximum atomic E-state index is 12.9. The molecular formula is C20H24N2O3. The van der Waals surface area contributed by atoms with Gasteiger partial charge in [-0.1, -0.05) is 13.8 Å². The predicted molar refractivity (Wildman–Crippen MR) is 99.8 cm³/mol. The number of aryl methyl sites for hydroxylation is 1. The summed E-state index contributed by atoms with van der Waals surface area (Å²) in [5.41, 5.74) is 3.93. The Hall–Kier alpha value is -2.69. The molecule has 2 aromatic carbocycles. The number of benzene rings is 2. The quantitative estimate of drug-likeness (QED) is 0.793.